The molecule has 5 rings (SSSR count). The number of aromatic nitrogens is 3. The van der Waals surface area contributed by atoms with Gasteiger partial charge in [0.15, 0.2) is 5.13 Å². The second kappa shape index (κ2) is 11.2. The van der Waals surface area contributed by atoms with Gasteiger partial charge < -0.3 is 9.47 Å². The zero-order valence-corrected chi connectivity index (χ0v) is 22.8. The van der Waals surface area contributed by atoms with Crippen molar-refractivity contribution in [2.24, 2.45) is 5.92 Å². The predicted octanol–water partition coefficient (Wildman–Crippen LogP) is 6.52. The Kier molecular flexibility index (Phi) is 7.93. The van der Waals surface area contributed by atoms with Gasteiger partial charge in [0.25, 0.3) is 5.91 Å². The third-order valence-corrected chi connectivity index (χ3v) is 8.39. The molecule has 0 radical (unpaired) electrons. The number of anilines is 1. The molecule has 3 aromatic rings. The number of hydrogen-bond acceptors (Lipinski definition) is 7. The summed E-state index contributed by atoms with van der Waals surface area (Å²) in [6.07, 6.45) is 6.28. The molecule has 1 amide bonds. The van der Waals surface area contributed by atoms with Gasteiger partial charge in [-0.05, 0) is 50.7 Å². The minimum atomic E-state index is -2.52. The lowest BCUT2D eigenvalue weighted by molar-refractivity contribution is -0.0634. The second-order valence-corrected chi connectivity index (χ2v) is 11.4. The Morgan fingerprint density at radius 1 is 1.18 bits per heavy atom. The van der Waals surface area contributed by atoms with E-state index in [2.05, 4.69) is 20.3 Å². The molecule has 11 heteroatoms. The first kappa shape index (κ1) is 26.9. The van der Waals surface area contributed by atoms with Crippen molar-refractivity contribution < 1.29 is 23.0 Å². The number of fused-ring (bicyclic) bond motifs is 1. The van der Waals surface area contributed by atoms with Crippen LogP contribution in [0.4, 0.5) is 13.9 Å². The Morgan fingerprint density at radius 2 is 1.97 bits per heavy atom. The monoisotopic (exact) mass is 562 g/mol. The number of carbonyl (C=O) groups is 1. The summed E-state index contributed by atoms with van der Waals surface area (Å²) in [7, 11) is 1.53. The van der Waals surface area contributed by atoms with Crippen LogP contribution in [0.3, 0.4) is 0 Å². The molecule has 202 valence electrons. The number of amides is 1. The fraction of sp³-hybridized carbons (Fsp3) is 0.481. The van der Waals surface area contributed by atoms with Gasteiger partial charge in [-0.15, -0.1) is 11.3 Å². The molecular weight excluding hydrogens is 534 g/mol. The Hall–Kier alpha value is -2.69. The molecule has 3 heterocycles. The van der Waals surface area contributed by atoms with E-state index in [0.29, 0.717) is 53.4 Å². The van der Waals surface area contributed by atoms with Gasteiger partial charge >= 0.3 is 0 Å². The van der Waals surface area contributed by atoms with Gasteiger partial charge in [0, 0.05) is 53.8 Å². The lowest BCUT2D eigenvalue weighted by Crippen LogP contribution is -2.29. The number of aryl methyl sites for hydroxylation is 2. The van der Waals surface area contributed by atoms with Crippen molar-refractivity contribution in [3.05, 3.63) is 51.5 Å². The van der Waals surface area contributed by atoms with Crippen molar-refractivity contribution >= 4 is 34.0 Å². The third kappa shape index (κ3) is 6.13. The first-order valence-electron chi connectivity index (χ1n) is 12.7. The van der Waals surface area contributed by atoms with E-state index in [1.165, 1.54) is 30.8 Å². The minimum Gasteiger partial charge on any atom is -0.494 e. The maximum atomic E-state index is 13.4. The van der Waals surface area contributed by atoms with Gasteiger partial charge in [-0.2, -0.15) is 0 Å². The van der Waals surface area contributed by atoms with Crippen molar-refractivity contribution in [1.82, 2.24) is 15.0 Å². The number of thiazole rings is 1. The van der Waals surface area contributed by atoms with Gasteiger partial charge in [0.2, 0.25) is 5.92 Å². The molecule has 1 atom stereocenters. The number of rotatable bonds is 7. The second-order valence-electron chi connectivity index (χ2n) is 9.92. The highest BCUT2D eigenvalue weighted by atomic mass is 35.5. The number of hydrogen-bond donors (Lipinski definition) is 1. The van der Waals surface area contributed by atoms with Crippen molar-refractivity contribution in [2.45, 2.75) is 63.9 Å². The molecule has 0 spiro atoms. The van der Waals surface area contributed by atoms with Gasteiger partial charge in [0.1, 0.15) is 10.9 Å². The predicted molar refractivity (Wildman–Crippen MR) is 143 cm³/mol. The lowest BCUT2D eigenvalue weighted by atomic mass is 9.87. The summed E-state index contributed by atoms with van der Waals surface area (Å²) < 4.78 is 38.4. The Balaban J connectivity index is 1.26. The van der Waals surface area contributed by atoms with E-state index >= 15 is 0 Å². The van der Waals surface area contributed by atoms with Crippen molar-refractivity contribution in [3.63, 3.8) is 0 Å². The maximum absolute atomic E-state index is 13.4. The molecule has 1 fully saturated rings. The van der Waals surface area contributed by atoms with Crippen molar-refractivity contribution in [1.29, 1.82) is 0 Å². The Morgan fingerprint density at radius 3 is 2.74 bits per heavy atom. The highest BCUT2D eigenvalue weighted by Gasteiger charge is 2.35. The molecule has 0 aliphatic heterocycles. The highest BCUT2D eigenvalue weighted by Crippen LogP contribution is 2.38. The van der Waals surface area contributed by atoms with Crippen LogP contribution in [-0.4, -0.2) is 46.6 Å². The van der Waals surface area contributed by atoms with Crippen molar-refractivity contribution in [2.75, 3.05) is 19.0 Å². The summed E-state index contributed by atoms with van der Waals surface area (Å²) >= 11 is 7.58. The fourth-order valence-electron chi connectivity index (χ4n) is 5.00. The van der Waals surface area contributed by atoms with Gasteiger partial charge in [0.05, 0.1) is 30.7 Å². The van der Waals surface area contributed by atoms with Crippen LogP contribution in [0.25, 0.3) is 11.1 Å². The summed E-state index contributed by atoms with van der Waals surface area (Å²) in [4.78, 5) is 27.5. The minimum absolute atomic E-state index is 0.0331. The summed E-state index contributed by atoms with van der Waals surface area (Å²) in [6, 6.07) is 3.47. The van der Waals surface area contributed by atoms with E-state index in [0.717, 1.165) is 29.1 Å². The number of carbonyl (C=O) groups excluding carboxylic acids is 1. The third-order valence-electron chi connectivity index (χ3n) is 7.15. The van der Waals surface area contributed by atoms with E-state index in [1.54, 1.807) is 6.07 Å². The van der Waals surface area contributed by atoms with Crippen LogP contribution >= 0.6 is 22.9 Å². The standard InChI is InChI=1S/C27H29ClF2N4O3S/c1-15-9-18(19-11-24(28)32-13-22(19)36-2)20(12-31-15)25(35)34-26-33-21-4-3-17(10-23(21)38-26)37-14-16-5-7-27(29,30)8-6-16/h9,11-13,16-17H,3-8,10,14H2,1-2H3,(H,33,34,35). The average Bonchev–Trinajstić information content (AvgIpc) is 3.29. The molecule has 1 N–H and O–H groups in total. The molecule has 2 aliphatic carbocycles. The maximum Gasteiger partial charge on any atom is 0.259 e. The molecule has 3 aromatic heterocycles. The van der Waals surface area contributed by atoms with Crippen LogP contribution in [0.5, 0.6) is 5.75 Å². The molecule has 0 bridgehead atoms. The summed E-state index contributed by atoms with van der Waals surface area (Å²) in [5.41, 5.74) is 3.34. The first-order valence-corrected chi connectivity index (χ1v) is 13.9. The molecule has 0 aromatic carbocycles. The average molecular weight is 563 g/mol. The molecule has 38 heavy (non-hydrogen) atoms. The van der Waals surface area contributed by atoms with E-state index < -0.39 is 5.92 Å². The number of halogens is 3. The topological polar surface area (TPSA) is 86.2 Å². The Labute approximate surface area is 229 Å². The highest BCUT2D eigenvalue weighted by molar-refractivity contribution is 7.15. The van der Waals surface area contributed by atoms with Crippen LogP contribution in [0.15, 0.2) is 24.5 Å². The largest absolute Gasteiger partial charge is 0.494 e. The van der Waals surface area contributed by atoms with Gasteiger partial charge in [-0.1, -0.05) is 11.6 Å². The SMILES string of the molecule is COc1cnc(Cl)cc1-c1cc(C)ncc1C(=O)Nc1nc2c(s1)CC(OCC1CCC(F)(F)CC1)CC2. The zero-order chi connectivity index (χ0) is 26.9. The molecule has 7 nitrogen and oxygen atoms in total. The van der Waals surface area contributed by atoms with Gasteiger partial charge in [-0.25, -0.2) is 18.7 Å². The number of nitrogens with zero attached hydrogens (tertiary/aromatic N) is 3. The van der Waals surface area contributed by atoms with Crippen LogP contribution < -0.4 is 10.1 Å². The van der Waals surface area contributed by atoms with Crippen LogP contribution in [-0.2, 0) is 17.6 Å². The lowest BCUT2D eigenvalue weighted by Gasteiger charge is -2.30. The van der Waals surface area contributed by atoms with Crippen LogP contribution in [0.1, 0.15) is 58.7 Å². The quantitative estimate of drug-likeness (QED) is 0.330. The molecular formula is C27H29ClF2N4O3S. The van der Waals surface area contributed by atoms with Crippen LogP contribution in [0, 0.1) is 12.8 Å². The number of methoxy groups -OCH3 is 1. The molecule has 1 saturated carbocycles. The van der Waals surface area contributed by atoms with E-state index in [9.17, 15) is 13.6 Å². The normalized spacial score (nSPS) is 19.1. The van der Waals surface area contributed by atoms with E-state index in [1.807, 2.05) is 13.0 Å². The molecule has 1 unspecified atom stereocenters. The summed E-state index contributed by atoms with van der Waals surface area (Å²) in [5.74, 6) is -2.17. The van der Waals surface area contributed by atoms with Gasteiger partial charge in [-0.3, -0.25) is 15.1 Å². The van der Waals surface area contributed by atoms with Crippen LogP contribution in [0.2, 0.25) is 5.15 Å². The number of ether oxygens (including phenoxy) is 2. The van der Waals surface area contributed by atoms with E-state index in [4.69, 9.17) is 21.1 Å². The smallest absolute Gasteiger partial charge is 0.259 e. The number of alkyl halides is 2. The summed E-state index contributed by atoms with van der Waals surface area (Å²) in [5, 5.41) is 3.73. The first-order chi connectivity index (χ1) is 18.2. The zero-order valence-electron chi connectivity index (χ0n) is 21.2. The van der Waals surface area contributed by atoms with Crippen molar-refractivity contribution in [3.8, 4) is 16.9 Å². The fourth-order valence-corrected chi connectivity index (χ4v) is 6.22. The molecule has 2 aliphatic rings. The van der Waals surface area contributed by atoms with E-state index in [-0.39, 0.29) is 35.9 Å². The number of pyridine rings is 2. The molecule has 0 saturated heterocycles. The Bertz CT molecular complexity index is 1330. The number of nitrogens with one attached hydrogen (secondary N) is 1. The summed E-state index contributed by atoms with van der Waals surface area (Å²) in [6.45, 7) is 2.36.